The molecule has 1 fully saturated rings. The number of rotatable bonds is 5. The van der Waals surface area contributed by atoms with Crippen molar-refractivity contribution in [3.05, 3.63) is 65.2 Å². The molecule has 2 aromatic carbocycles. The van der Waals surface area contributed by atoms with Crippen LogP contribution in [0.5, 0.6) is 5.88 Å². The predicted molar refractivity (Wildman–Crippen MR) is 117 cm³/mol. The Hall–Kier alpha value is -2.92. The van der Waals surface area contributed by atoms with Gasteiger partial charge in [0.05, 0.1) is 17.3 Å². The first-order chi connectivity index (χ1) is 14.1. The summed E-state index contributed by atoms with van der Waals surface area (Å²) in [4.78, 5) is 22.5. The van der Waals surface area contributed by atoms with Gasteiger partial charge in [0, 0.05) is 35.1 Å². The molecule has 0 atom stereocenters. The summed E-state index contributed by atoms with van der Waals surface area (Å²) in [6.45, 7) is 6.90. The SMILES string of the molecule is CCN1CCC(N=C(c2ccccc2)c2c(O)[nH]c3ccc(C(C)=O)cc23)CC1. The number of aromatic amines is 1. The van der Waals surface area contributed by atoms with Gasteiger partial charge in [0.25, 0.3) is 0 Å². The highest BCUT2D eigenvalue weighted by atomic mass is 16.3. The number of nitrogens with one attached hydrogen (secondary N) is 1. The molecule has 0 radical (unpaired) electrons. The van der Waals surface area contributed by atoms with Gasteiger partial charge in [0.15, 0.2) is 11.7 Å². The zero-order chi connectivity index (χ0) is 20.4. The number of piperidine rings is 1. The summed E-state index contributed by atoms with van der Waals surface area (Å²) in [5.41, 5.74) is 3.85. The van der Waals surface area contributed by atoms with Crippen LogP contribution in [0.15, 0.2) is 53.5 Å². The molecule has 1 aliphatic heterocycles. The topological polar surface area (TPSA) is 68.7 Å². The number of aromatic nitrogens is 1. The van der Waals surface area contributed by atoms with E-state index in [1.54, 1.807) is 13.0 Å². The van der Waals surface area contributed by atoms with Crippen molar-refractivity contribution in [2.75, 3.05) is 19.6 Å². The fraction of sp³-hybridized carbons (Fsp3) is 0.333. The lowest BCUT2D eigenvalue weighted by Crippen LogP contribution is -2.35. The molecule has 2 N–H and O–H groups in total. The fourth-order valence-electron chi connectivity index (χ4n) is 4.06. The number of carbonyl (C=O) groups is 1. The summed E-state index contributed by atoms with van der Waals surface area (Å²) in [5, 5.41) is 11.6. The molecule has 1 aromatic heterocycles. The Bertz CT molecular complexity index is 1040. The molecule has 3 aromatic rings. The Kier molecular flexibility index (Phi) is 5.49. The smallest absolute Gasteiger partial charge is 0.199 e. The summed E-state index contributed by atoms with van der Waals surface area (Å²) in [6, 6.07) is 15.7. The zero-order valence-corrected chi connectivity index (χ0v) is 17.0. The minimum absolute atomic E-state index is 0.00340. The molecule has 5 nitrogen and oxygen atoms in total. The van der Waals surface area contributed by atoms with E-state index in [9.17, 15) is 9.90 Å². The van der Waals surface area contributed by atoms with Crippen LogP contribution >= 0.6 is 0 Å². The maximum Gasteiger partial charge on any atom is 0.199 e. The molecule has 5 heteroatoms. The van der Waals surface area contributed by atoms with E-state index in [1.165, 1.54) is 0 Å². The molecule has 1 aliphatic rings. The normalized spacial score (nSPS) is 16.4. The highest BCUT2D eigenvalue weighted by Gasteiger charge is 2.23. The number of hydrogen-bond acceptors (Lipinski definition) is 4. The number of aliphatic imine (C=N–C) groups is 1. The molecule has 29 heavy (non-hydrogen) atoms. The monoisotopic (exact) mass is 389 g/mol. The van der Waals surface area contributed by atoms with Crippen LogP contribution in [0.25, 0.3) is 10.9 Å². The molecular formula is C24H27N3O2. The van der Waals surface area contributed by atoms with Crippen LogP contribution in [0.3, 0.4) is 0 Å². The molecule has 0 unspecified atom stereocenters. The minimum atomic E-state index is 0.00340. The first-order valence-electron chi connectivity index (χ1n) is 10.3. The highest BCUT2D eigenvalue weighted by Crippen LogP contribution is 2.32. The molecule has 150 valence electrons. The van der Waals surface area contributed by atoms with Crippen molar-refractivity contribution in [1.82, 2.24) is 9.88 Å². The van der Waals surface area contributed by atoms with Crippen LogP contribution in [0.2, 0.25) is 0 Å². The van der Waals surface area contributed by atoms with Crippen molar-refractivity contribution in [1.29, 1.82) is 0 Å². The van der Waals surface area contributed by atoms with Gasteiger partial charge in [-0.2, -0.15) is 0 Å². The maximum atomic E-state index is 11.9. The number of hydrogen-bond donors (Lipinski definition) is 2. The minimum Gasteiger partial charge on any atom is -0.494 e. The predicted octanol–water partition coefficient (Wildman–Crippen LogP) is 4.40. The van der Waals surface area contributed by atoms with E-state index in [0.717, 1.165) is 54.7 Å². The van der Waals surface area contributed by atoms with E-state index >= 15 is 0 Å². The van der Waals surface area contributed by atoms with Crippen molar-refractivity contribution in [3.8, 4) is 5.88 Å². The molecule has 0 spiro atoms. The highest BCUT2D eigenvalue weighted by molar-refractivity contribution is 6.21. The third kappa shape index (κ3) is 3.96. The second kappa shape index (κ2) is 8.21. The van der Waals surface area contributed by atoms with Crippen molar-refractivity contribution < 1.29 is 9.90 Å². The van der Waals surface area contributed by atoms with Crippen molar-refractivity contribution in [2.45, 2.75) is 32.7 Å². The molecule has 4 rings (SSSR count). The second-order valence-electron chi connectivity index (χ2n) is 7.67. The Balaban J connectivity index is 1.84. The zero-order valence-electron chi connectivity index (χ0n) is 17.0. The number of Topliss-reactive ketones (excluding diaryl/α,β-unsaturated/α-hetero) is 1. The van der Waals surface area contributed by atoms with E-state index in [1.807, 2.05) is 42.5 Å². The van der Waals surface area contributed by atoms with E-state index in [-0.39, 0.29) is 17.7 Å². The lowest BCUT2D eigenvalue weighted by molar-refractivity contribution is 0.101. The molecule has 1 saturated heterocycles. The number of fused-ring (bicyclic) bond motifs is 1. The Labute approximate surface area is 171 Å². The molecule has 2 heterocycles. The summed E-state index contributed by atoms with van der Waals surface area (Å²) >= 11 is 0. The van der Waals surface area contributed by atoms with Gasteiger partial charge in [-0.1, -0.05) is 37.3 Å². The first-order valence-corrected chi connectivity index (χ1v) is 10.3. The first kappa shape index (κ1) is 19.4. The average molecular weight is 389 g/mol. The van der Waals surface area contributed by atoms with Crippen LogP contribution in [-0.4, -0.2) is 52.2 Å². The van der Waals surface area contributed by atoms with Crippen LogP contribution in [0.4, 0.5) is 0 Å². The number of carbonyl (C=O) groups excluding carboxylic acids is 1. The van der Waals surface area contributed by atoms with Gasteiger partial charge in [0.2, 0.25) is 0 Å². The summed E-state index contributed by atoms with van der Waals surface area (Å²) in [7, 11) is 0. The third-order valence-electron chi connectivity index (χ3n) is 5.79. The molecule has 0 aliphatic carbocycles. The maximum absolute atomic E-state index is 11.9. The van der Waals surface area contributed by atoms with Gasteiger partial charge in [-0.15, -0.1) is 0 Å². The summed E-state index contributed by atoms with van der Waals surface area (Å²) in [6.07, 6.45) is 2.01. The van der Waals surface area contributed by atoms with E-state index in [4.69, 9.17) is 4.99 Å². The Morgan fingerprint density at radius 3 is 2.52 bits per heavy atom. The van der Waals surface area contributed by atoms with Crippen molar-refractivity contribution in [2.24, 2.45) is 4.99 Å². The summed E-state index contributed by atoms with van der Waals surface area (Å²) in [5.74, 6) is 0.0953. The lowest BCUT2D eigenvalue weighted by atomic mass is 9.98. The van der Waals surface area contributed by atoms with Crippen LogP contribution < -0.4 is 0 Å². The van der Waals surface area contributed by atoms with Gasteiger partial charge in [-0.3, -0.25) is 9.79 Å². The number of benzene rings is 2. The van der Waals surface area contributed by atoms with Crippen LogP contribution in [0, 0.1) is 0 Å². The number of nitrogens with zero attached hydrogens (tertiary/aromatic N) is 2. The molecule has 0 saturated carbocycles. The van der Waals surface area contributed by atoms with Gasteiger partial charge >= 0.3 is 0 Å². The number of ketones is 1. The Morgan fingerprint density at radius 1 is 1.14 bits per heavy atom. The standard InChI is InChI=1S/C24H27N3O2/c1-3-27-13-11-19(12-14-27)25-23(17-7-5-4-6-8-17)22-20-15-18(16(2)28)9-10-21(20)26-24(22)29/h4-10,15,19,26,29H,3,11-14H2,1-2H3. The van der Waals surface area contributed by atoms with Crippen molar-refractivity contribution >= 4 is 22.4 Å². The van der Waals surface area contributed by atoms with E-state index in [2.05, 4.69) is 16.8 Å². The van der Waals surface area contributed by atoms with E-state index in [0.29, 0.717) is 11.1 Å². The summed E-state index contributed by atoms with van der Waals surface area (Å²) < 4.78 is 0. The average Bonchev–Trinajstić information content (AvgIpc) is 3.07. The van der Waals surface area contributed by atoms with Crippen LogP contribution in [-0.2, 0) is 0 Å². The number of H-pyrrole nitrogens is 1. The van der Waals surface area contributed by atoms with Gasteiger partial charge in [-0.25, -0.2) is 0 Å². The molecule has 0 amide bonds. The quantitative estimate of drug-likeness (QED) is 0.502. The molecule has 0 bridgehead atoms. The Morgan fingerprint density at radius 2 is 1.86 bits per heavy atom. The number of aromatic hydroxyl groups is 1. The molecular weight excluding hydrogens is 362 g/mol. The number of likely N-dealkylation sites (tertiary alicyclic amines) is 1. The largest absolute Gasteiger partial charge is 0.494 e. The van der Waals surface area contributed by atoms with E-state index < -0.39 is 0 Å². The van der Waals surface area contributed by atoms with Gasteiger partial charge in [0.1, 0.15) is 0 Å². The second-order valence-corrected chi connectivity index (χ2v) is 7.67. The van der Waals surface area contributed by atoms with Gasteiger partial charge < -0.3 is 15.0 Å². The third-order valence-corrected chi connectivity index (χ3v) is 5.79. The fourth-order valence-corrected chi connectivity index (χ4v) is 4.06. The van der Waals surface area contributed by atoms with Crippen LogP contribution in [0.1, 0.15) is 48.2 Å². The van der Waals surface area contributed by atoms with Gasteiger partial charge in [-0.05, 0) is 44.5 Å². The lowest BCUT2D eigenvalue weighted by Gasteiger charge is -2.29. The van der Waals surface area contributed by atoms with Crippen molar-refractivity contribution in [3.63, 3.8) is 0 Å².